The summed E-state index contributed by atoms with van der Waals surface area (Å²) >= 11 is 11.4. The lowest BCUT2D eigenvalue weighted by atomic mass is 10.1. The van der Waals surface area contributed by atoms with Crippen molar-refractivity contribution < 1.29 is 5.11 Å². The molecule has 59 valence electrons. The van der Waals surface area contributed by atoms with Crippen LogP contribution in [0.2, 0.25) is 10.0 Å². The first-order valence-corrected chi connectivity index (χ1v) is 3.86. The van der Waals surface area contributed by atoms with Gasteiger partial charge in [0.15, 0.2) is 0 Å². The SMILES string of the molecule is Cc1c(Cl)[c]c(Cl)c(C)c1O. The molecule has 0 aliphatic carbocycles. The van der Waals surface area contributed by atoms with E-state index >= 15 is 0 Å². The lowest BCUT2D eigenvalue weighted by Gasteiger charge is -2.05. The second-order valence-electron chi connectivity index (χ2n) is 2.35. The van der Waals surface area contributed by atoms with Gasteiger partial charge in [0.2, 0.25) is 0 Å². The summed E-state index contributed by atoms with van der Waals surface area (Å²) < 4.78 is 0. The van der Waals surface area contributed by atoms with Crippen LogP contribution in [0.25, 0.3) is 0 Å². The van der Waals surface area contributed by atoms with Gasteiger partial charge in [-0.15, -0.1) is 0 Å². The minimum atomic E-state index is 0.152. The molecule has 0 aliphatic rings. The normalized spacial score (nSPS) is 10.2. The van der Waals surface area contributed by atoms with Crippen LogP contribution in [0, 0.1) is 19.9 Å². The zero-order valence-electron chi connectivity index (χ0n) is 6.20. The molecule has 1 radical (unpaired) electrons. The minimum absolute atomic E-state index is 0.152. The third-order valence-corrected chi connectivity index (χ3v) is 2.34. The van der Waals surface area contributed by atoms with Gasteiger partial charge in [0, 0.05) is 17.2 Å². The molecule has 3 heteroatoms. The van der Waals surface area contributed by atoms with Crippen molar-refractivity contribution in [2.24, 2.45) is 0 Å². The Hall–Kier alpha value is -0.400. The van der Waals surface area contributed by atoms with Crippen molar-refractivity contribution in [3.05, 3.63) is 27.2 Å². The highest BCUT2D eigenvalue weighted by Gasteiger charge is 2.08. The number of aromatic hydroxyl groups is 1. The van der Waals surface area contributed by atoms with Crippen LogP contribution < -0.4 is 0 Å². The number of phenolic OH excluding ortho intramolecular Hbond substituents is 1. The van der Waals surface area contributed by atoms with Crippen molar-refractivity contribution in [1.29, 1.82) is 0 Å². The molecule has 0 atom stereocenters. The van der Waals surface area contributed by atoms with Gasteiger partial charge in [0.25, 0.3) is 0 Å². The van der Waals surface area contributed by atoms with Crippen LogP contribution >= 0.6 is 23.2 Å². The highest BCUT2D eigenvalue weighted by atomic mass is 35.5. The van der Waals surface area contributed by atoms with Gasteiger partial charge < -0.3 is 5.11 Å². The molecule has 1 rings (SSSR count). The molecule has 0 heterocycles. The van der Waals surface area contributed by atoms with Crippen LogP contribution in [-0.2, 0) is 0 Å². The Bertz CT molecular complexity index is 268. The number of rotatable bonds is 0. The maximum absolute atomic E-state index is 9.38. The monoisotopic (exact) mass is 189 g/mol. The molecule has 0 aliphatic heterocycles. The molecule has 1 N–H and O–H groups in total. The maximum atomic E-state index is 9.38. The smallest absolute Gasteiger partial charge is 0.124 e. The molecule has 0 aromatic heterocycles. The van der Waals surface area contributed by atoms with E-state index < -0.39 is 0 Å². The largest absolute Gasteiger partial charge is 0.507 e. The van der Waals surface area contributed by atoms with Crippen molar-refractivity contribution in [3.8, 4) is 5.75 Å². The Morgan fingerprint density at radius 3 is 1.82 bits per heavy atom. The van der Waals surface area contributed by atoms with Gasteiger partial charge in [-0.3, -0.25) is 0 Å². The third kappa shape index (κ3) is 1.44. The number of phenols is 1. The Morgan fingerprint density at radius 2 is 1.45 bits per heavy atom. The Balaban J connectivity index is 3.46. The van der Waals surface area contributed by atoms with Crippen LogP contribution in [-0.4, -0.2) is 5.11 Å². The molecule has 0 fully saturated rings. The number of halogens is 2. The first-order chi connectivity index (χ1) is 5.04. The molecule has 0 spiro atoms. The van der Waals surface area contributed by atoms with Gasteiger partial charge in [0.05, 0.1) is 10.0 Å². The fourth-order valence-corrected chi connectivity index (χ4v) is 1.19. The fraction of sp³-hybridized carbons (Fsp3) is 0.250. The van der Waals surface area contributed by atoms with Crippen LogP contribution in [0.4, 0.5) is 0 Å². The summed E-state index contributed by atoms with van der Waals surface area (Å²) in [7, 11) is 0. The molecule has 0 unspecified atom stereocenters. The molecule has 0 amide bonds. The highest BCUT2D eigenvalue weighted by Crippen LogP contribution is 2.32. The molecular weight excluding hydrogens is 183 g/mol. The first-order valence-electron chi connectivity index (χ1n) is 3.10. The molecule has 11 heavy (non-hydrogen) atoms. The number of benzene rings is 1. The van der Waals surface area contributed by atoms with E-state index in [1.165, 1.54) is 0 Å². The van der Waals surface area contributed by atoms with E-state index in [2.05, 4.69) is 6.07 Å². The average molecular weight is 190 g/mol. The minimum Gasteiger partial charge on any atom is -0.507 e. The predicted molar refractivity (Wildman–Crippen MR) is 46.4 cm³/mol. The molecule has 1 nitrogen and oxygen atoms in total. The second-order valence-corrected chi connectivity index (χ2v) is 3.11. The fourth-order valence-electron chi connectivity index (χ4n) is 0.773. The molecule has 1 aromatic rings. The van der Waals surface area contributed by atoms with E-state index in [1.807, 2.05) is 0 Å². The van der Waals surface area contributed by atoms with E-state index in [0.717, 1.165) is 0 Å². The molecule has 0 saturated heterocycles. The summed E-state index contributed by atoms with van der Waals surface area (Å²) in [5, 5.41) is 10.1. The quantitative estimate of drug-likeness (QED) is 0.666. The van der Waals surface area contributed by atoms with Gasteiger partial charge >= 0.3 is 0 Å². The molecule has 0 bridgehead atoms. The molecule has 0 saturated carbocycles. The van der Waals surface area contributed by atoms with Gasteiger partial charge in [-0.2, -0.15) is 0 Å². The van der Waals surface area contributed by atoms with Crippen molar-refractivity contribution in [1.82, 2.24) is 0 Å². The zero-order valence-corrected chi connectivity index (χ0v) is 7.72. The summed E-state index contributed by atoms with van der Waals surface area (Å²) in [4.78, 5) is 0. The van der Waals surface area contributed by atoms with Crippen LogP contribution in [0.3, 0.4) is 0 Å². The lowest BCUT2D eigenvalue weighted by Crippen LogP contribution is -1.83. The van der Waals surface area contributed by atoms with Crippen molar-refractivity contribution in [3.63, 3.8) is 0 Å². The number of hydrogen-bond acceptors (Lipinski definition) is 1. The molecule has 1 aromatic carbocycles. The van der Waals surface area contributed by atoms with E-state index in [-0.39, 0.29) is 5.75 Å². The molecular formula is C8H7Cl2O. The van der Waals surface area contributed by atoms with Crippen LogP contribution in [0.5, 0.6) is 5.75 Å². The summed E-state index contributed by atoms with van der Waals surface area (Å²) in [6.45, 7) is 3.44. The summed E-state index contributed by atoms with van der Waals surface area (Å²) in [6, 6.07) is 2.72. The van der Waals surface area contributed by atoms with Crippen molar-refractivity contribution >= 4 is 23.2 Å². The van der Waals surface area contributed by atoms with Gasteiger partial charge in [-0.25, -0.2) is 0 Å². The lowest BCUT2D eigenvalue weighted by molar-refractivity contribution is 0.467. The highest BCUT2D eigenvalue weighted by molar-refractivity contribution is 6.35. The third-order valence-electron chi connectivity index (χ3n) is 1.59. The zero-order chi connectivity index (χ0) is 8.59. The van der Waals surface area contributed by atoms with E-state index in [0.29, 0.717) is 21.2 Å². The van der Waals surface area contributed by atoms with E-state index in [1.54, 1.807) is 13.8 Å². The van der Waals surface area contributed by atoms with Gasteiger partial charge in [-0.05, 0) is 13.8 Å². The average Bonchev–Trinajstić information content (AvgIpc) is 1.97. The summed E-state index contributed by atoms with van der Waals surface area (Å²) in [5.41, 5.74) is 1.24. The maximum Gasteiger partial charge on any atom is 0.124 e. The van der Waals surface area contributed by atoms with Crippen LogP contribution in [0.1, 0.15) is 11.1 Å². The standard InChI is InChI=1S/C8H7Cl2O/c1-4-6(9)3-7(10)5(2)8(4)11/h11H,1-2H3. The van der Waals surface area contributed by atoms with E-state index in [9.17, 15) is 5.11 Å². The first kappa shape index (κ1) is 8.69. The van der Waals surface area contributed by atoms with Crippen molar-refractivity contribution in [2.75, 3.05) is 0 Å². The number of hydrogen-bond donors (Lipinski definition) is 1. The summed E-state index contributed by atoms with van der Waals surface area (Å²) in [5.74, 6) is 0.152. The Morgan fingerprint density at radius 1 is 1.09 bits per heavy atom. The Labute approximate surface area is 75.6 Å². The predicted octanol–water partition coefficient (Wildman–Crippen LogP) is 3.12. The van der Waals surface area contributed by atoms with Crippen molar-refractivity contribution in [2.45, 2.75) is 13.8 Å². The second kappa shape index (κ2) is 2.92. The van der Waals surface area contributed by atoms with Gasteiger partial charge in [0.1, 0.15) is 5.75 Å². The Kier molecular flexibility index (Phi) is 2.31. The summed E-state index contributed by atoms with van der Waals surface area (Å²) in [6.07, 6.45) is 0. The van der Waals surface area contributed by atoms with Gasteiger partial charge in [-0.1, -0.05) is 23.2 Å². The van der Waals surface area contributed by atoms with Crippen LogP contribution in [0.15, 0.2) is 0 Å². The van der Waals surface area contributed by atoms with E-state index in [4.69, 9.17) is 23.2 Å². The topological polar surface area (TPSA) is 20.2 Å².